The van der Waals surface area contributed by atoms with Crippen LogP contribution in [0.3, 0.4) is 0 Å². The molecule has 0 aliphatic heterocycles. The molecule has 0 saturated carbocycles. The standard InChI is InChI=1S/C15H16N2O3S/c1-10(15-5-4-8-21-15)16(3)12-6-7-13(11(2)18)14(9-12)17(19)20/h4-10H,1-3H3. The van der Waals surface area contributed by atoms with Crippen molar-refractivity contribution in [1.82, 2.24) is 0 Å². The average Bonchev–Trinajstić information content (AvgIpc) is 2.99. The van der Waals surface area contributed by atoms with Crippen LogP contribution in [0.15, 0.2) is 35.7 Å². The lowest BCUT2D eigenvalue weighted by Crippen LogP contribution is -2.21. The quantitative estimate of drug-likeness (QED) is 0.475. The van der Waals surface area contributed by atoms with E-state index in [9.17, 15) is 14.9 Å². The van der Waals surface area contributed by atoms with Crippen LogP contribution in [0.2, 0.25) is 0 Å². The summed E-state index contributed by atoms with van der Waals surface area (Å²) in [4.78, 5) is 25.2. The van der Waals surface area contributed by atoms with Gasteiger partial charge in [0.1, 0.15) is 0 Å². The van der Waals surface area contributed by atoms with E-state index in [-0.39, 0.29) is 23.1 Å². The number of rotatable bonds is 5. The van der Waals surface area contributed by atoms with Gasteiger partial charge >= 0.3 is 0 Å². The van der Waals surface area contributed by atoms with E-state index in [0.717, 1.165) is 0 Å². The Hall–Kier alpha value is -2.21. The molecule has 1 heterocycles. The molecule has 1 unspecified atom stereocenters. The monoisotopic (exact) mass is 304 g/mol. The molecule has 0 aliphatic rings. The molecule has 1 aromatic heterocycles. The van der Waals surface area contributed by atoms with E-state index < -0.39 is 4.92 Å². The van der Waals surface area contributed by atoms with Gasteiger partial charge in [-0.05, 0) is 37.4 Å². The first-order chi connectivity index (χ1) is 9.91. The van der Waals surface area contributed by atoms with Crippen molar-refractivity contribution in [1.29, 1.82) is 0 Å². The van der Waals surface area contributed by atoms with Gasteiger partial charge in [-0.1, -0.05) is 6.07 Å². The maximum atomic E-state index is 11.5. The van der Waals surface area contributed by atoms with Gasteiger partial charge in [-0.15, -0.1) is 11.3 Å². The molecule has 2 rings (SSSR count). The summed E-state index contributed by atoms with van der Waals surface area (Å²) in [5.41, 5.74) is 0.707. The second-order valence-corrected chi connectivity index (χ2v) is 5.80. The molecule has 0 fully saturated rings. The highest BCUT2D eigenvalue weighted by Crippen LogP contribution is 2.31. The number of nitro benzene ring substituents is 1. The van der Waals surface area contributed by atoms with Crippen molar-refractivity contribution in [3.8, 4) is 0 Å². The van der Waals surface area contributed by atoms with Crippen LogP contribution in [0.5, 0.6) is 0 Å². The van der Waals surface area contributed by atoms with E-state index in [2.05, 4.69) is 0 Å². The Morgan fingerprint density at radius 1 is 1.38 bits per heavy atom. The molecule has 2 aromatic rings. The predicted octanol–water partition coefficient (Wildman–Crippen LogP) is 4.06. The van der Waals surface area contributed by atoms with Gasteiger partial charge in [0.15, 0.2) is 5.78 Å². The minimum Gasteiger partial charge on any atom is -0.367 e. The van der Waals surface area contributed by atoms with Crippen LogP contribution in [0.25, 0.3) is 0 Å². The number of anilines is 1. The maximum absolute atomic E-state index is 11.5. The van der Waals surface area contributed by atoms with Crippen LogP contribution < -0.4 is 4.90 Å². The summed E-state index contributed by atoms with van der Waals surface area (Å²) in [7, 11) is 1.89. The molecule has 6 heteroatoms. The average molecular weight is 304 g/mol. The second-order valence-electron chi connectivity index (χ2n) is 4.82. The number of ketones is 1. The molecule has 0 N–H and O–H groups in total. The third kappa shape index (κ3) is 3.11. The largest absolute Gasteiger partial charge is 0.367 e. The summed E-state index contributed by atoms with van der Waals surface area (Å²) < 4.78 is 0. The van der Waals surface area contributed by atoms with E-state index >= 15 is 0 Å². The number of nitro groups is 1. The van der Waals surface area contributed by atoms with Crippen LogP contribution in [0.1, 0.15) is 35.1 Å². The molecule has 110 valence electrons. The zero-order valence-electron chi connectivity index (χ0n) is 12.1. The van der Waals surface area contributed by atoms with Crippen LogP contribution in [0.4, 0.5) is 11.4 Å². The Labute approximate surface area is 127 Å². The molecule has 0 spiro atoms. The molecule has 0 bridgehead atoms. The van der Waals surface area contributed by atoms with E-state index in [1.165, 1.54) is 23.9 Å². The van der Waals surface area contributed by atoms with Gasteiger partial charge in [-0.25, -0.2) is 0 Å². The molecule has 21 heavy (non-hydrogen) atoms. The lowest BCUT2D eigenvalue weighted by Gasteiger charge is -2.26. The second kappa shape index (κ2) is 6.05. The van der Waals surface area contributed by atoms with Crippen LogP contribution in [0, 0.1) is 10.1 Å². The van der Waals surface area contributed by atoms with Crippen molar-refractivity contribution in [2.24, 2.45) is 0 Å². The van der Waals surface area contributed by atoms with Gasteiger partial charge in [0.05, 0.1) is 16.5 Å². The summed E-state index contributed by atoms with van der Waals surface area (Å²) in [6.07, 6.45) is 0. The molecule has 0 amide bonds. The minimum absolute atomic E-state index is 0.104. The molecule has 0 aliphatic carbocycles. The lowest BCUT2D eigenvalue weighted by atomic mass is 10.1. The summed E-state index contributed by atoms with van der Waals surface area (Å²) in [6.45, 7) is 3.37. The third-order valence-electron chi connectivity index (χ3n) is 3.50. The Balaban J connectivity index is 2.38. The van der Waals surface area contributed by atoms with E-state index in [1.54, 1.807) is 17.4 Å². The molecule has 0 saturated heterocycles. The minimum atomic E-state index is -0.510. The summed E-state index contributed by atoms with van der Waals surface area (Å²) in [5, 5.41) is 13.1. The van der Waals surface area contributed by atoms with E-state index in [0.29, 0.717) is 5.69 Å². The highest BCUT2D eigenvalue weighted by atomic mass is 32.1. The highest BCUT2D eigenvalue weighted by Gasteiger charge is 2.21. The van der Waals surface area contributed by atoms with Crippen LogP contribution in [-0.4, -0.2) is 17.8 Å². The Bertz CT molecular complexity index is 668. The Morgan fingerprint density at radius 2 is 2.10 bits per heavy atom. The maximum Gasteiger partial charge on any atom is 0.282 e. The number of hydrogen-bond donors (Lipinski definition) is 0. The zero-order chi connectivity index (χ0) is 15.6. The van der Waals surface area contributed by atoms with Crippen molar-refractivity contribution in [3.63, 3.8) is 0 Å². The molecule has 5 nitrogen and oxygen atoms in total. The zero-order valence-corrected chi connectivity index (χ0v) is 12.9. The number of carbonyl (C=O) groups is 1. The Morgan fingerprint density at radius 3 is 2.62 bits per heavy atom. The van der Waals surface area contributed by atoms with Crippen molar-refractivity contribution in [2.45, 2.75) is 19.9 Å². The van der Waals surface area contributed by atoms with Crippen LogP contribution >= 0.6 is 11.3 Å². The SMILES string of the molecule is CC(=O)c1ccc(N(C)C(C)c2cccs2)cc1[N+](=O)[O-]. The number of thiophene rings is 1. The van der Waals surface area contributed by atoms with E-state index in [4.69, 9.17) is 0 Å². The normalized spacial score (nSPS) is 12.0. The first-order valence-corrected chi connectivity index (χ1v) is 7.35. The van der Waals surface area contributed by atoms with Gasteiger partial charge < -0.3 is 4.90 Å². The van der Waals surface area contributed by atoms with Gasteiger partial charge in [0, 0.05) is 23.7 Å². The summed E-state index contributed by atoms with van der Waals surface area (Å²) >= 11 is 1.64. The molecule has 0 radical (unpaired) electrons. The fraction of sp³-hybridized carbons (Fsp3) is 0.267. The molecular weight excluding hydrogens is 288 g/mol. The summed E-state index contributed by atoms with van der Waals surface area (Å²) in [5.74, 6) is -0.304. The predicted molar refractivity (Wildman–Crippen MR) is 84.2 cm³/mol. The Kier molecular flexibility index (Phi) is 4.37. The van der Waals surface area contributed by atoms with Crippen LogP contribution in [-0.2, 0) is 0 Å². The highest BCUT2D eigenvalue weighted by molar-refractivity contribution is 7.10. The first-order valence-electron chi connectivity index (χ1n) is 6.47. The van der Waals surface area contributed by atoms with Gasteiger partial charge in [-0.3, -0.25) is 14.9 Å². The topological polar surface area (TPSA) is 63.5 Å². The number of hydrogen-bond acceptors (Lipinski definition) is 5. The number of benzene rings is 1. The fourth-order valence-electron chi connectivity index (χ4n) is 2.13. The molecular formula is C15H16N2O3S. The van der Waals surface area contributed by atoms with Crippen molar-refractivity contribution in [3.05, 3.63) is 56.3 Å². The van der Waals surface area contributed by atoms with E-state index in [1.807, 2.05) is 36.4 Å². The number of carbonyl (C=O) groups excluding carboxylic acids is 1. The number of nitrogens with zero attached hydrogens (tertiary/aromatic N) is 2. The fourth-order valence-corrected chi connectivity index (χ4v) is 2.96. The van der Waals surface area contributed by atoms with Crippen molar-refractivity contribution >= 4 is 28.5 Å². The van der Waals surface area contributed by atoms with Gasteiger partial charge in [0.25, 0.3) is 5.69 Å². The lowest BCUT2D eigenvalue weighted by molar-refractivity contribution is -0.385. The smallest absolute Gasteiger partial charge is 0.282 e. The summed E-state index contributed by atoms with van der Waals surface area (Å²) in [6, 6.07) is 8.84. The number of Topliss-reactive ketones (excluding diaryl/α,β-unsaturated/α-hetero) is 1. The molecule has 1 aromatic carbocycles. The first kappa shape index (κ1) is 15.2. The van der Waals surface area contributed by atoms with Gasteiger partial charge in [0.2, 0.25) is 0 Å². The third-order valence-corrected chi connectivity index (χ3v) is 4.54. The molecule has 1 atom stereocenters. The van der Waals surface area contributed by atoms with Crippen molar-refractivity contribution < 1.29 is 9.72 Å². The van der Waals surface area contributed by atoms with Gasteiger partial charge in [-0.2, -0.15) is 0 Å². The van der Waals surface area contributed by atoms with Crippen molar-refractivity contribution in [2.75, 3.05) is 11.9 Å².